The molecule has 5 rings (SSSR count). The number of carboxylic acid groups (broad SMARTS) is 1. The molecule has 3 aromatic heterocycles. The standard InChI is InChI=1S/C22H21N8O8PS4/c1-3-38-26-13(16-25-21(43-28-16)27-39(35,36)37)17(31)24-14-18(32)30-15(20(33)34)12(9-40-19(14)30)42-22-23-11(8-41-22)10-4-6-29(2)7-5-10/h4-8,14,19H,3,9H2,1-2H3,(H4-,24,25,27,28,31,33,34,35,36,37)/p+1/b26-13-/t14?,19-/m1/s1. The van der Waals surface area contributed by atoms with Crippen LogP contribution in [-0.2, 0) is 30.8 Å². The molecule has 2 amide bonds. The van der Waals surface area contributed by atoms with E-state index in [2.05, 4.69) is 24.8 Å². The van der Waals surface area contributed by atoms with Crippen LogP contribution in [0.1, 0.15) is 12.7 Å². The minimum absolute atomic E-state index is 0.0843. The monoisotopic (exact) mass is 685 g/mol. The number of anilines is 1. The van der Waals surface area contributed by atoms with Crippen molar-refractivity contribution in [2.75, 3.05) is 17.4 Å². The highest BCUT2D eigenvalue weighted by molar-refractivity contribution is 8.07. The summed E-state index contributed by atoms with van der Waals surface area (Å²) in [6.45, 7) is 1.70. The highest BCUT2D eigenvalue weighted by Gasteiger charge is 2.54. The first kappa shape index (κ1) is 31.0. The molecule has 16 nitrogen and oxygen atoms in total. The van der Waals surface area contributed by atoms with Crippen molar-refractivity contribution in [3.8, 4) is 11.3 Å². The number of hydrogen-bond acceptors (Lipinski definition) is 13. The Hall–Kier alpha value is -3.39. The highest BCUT2D eigenvalue weighted by Crippen LogP contribution is 2.46. The van der Waals surface area contributed by atoms with Gasteiger partial charge in [0.25, 0.3) is 11.8 Å². The lowest BCUT2D eigenvalue weighted by atomic mass is 10.0. The minimum Gasteiger partial charge on any atom is -0.477 e. The van der Waals surface area contributed by atoms with Crippen LogP contribution >= 0.6 is 54.1 Å². The lowest BCUT2D eigenvalue weighted by molar-refractivity contribution is -0.671. The van der Waals surface area contributed by atoms with Gasteiger partial charge in [-0.1, -0.05) is 16.9 Å². The van der Waals surface area contributed by atoms with Crippen LogP contribution < -0.4 is 15.0 Å². The molecule has 0 bridgehead atoms. The number of aliphatic carboxylic acids is 1. The third-order valence-electron chi connectivity index (χ3n) is 5.77. The number of β-lactam (4-membered cyclic amide) rings is 1. The fourth-order valence-corrected chi connectivity index (χ4v) is 8.60. The molecule has 3 aromatic rings. The lowest BCUT2D eigenvalue weighted by Gasteiger charge is -2.49. The number of pyridine rings is 1. The van der Waals surface area contributed by atoms with E-state index in [1.54, 1.807) is 6.92 Å². The number of hydrogen-bond donors (Lipinski definition) is 5. The first-order valence-electron chi connectivity index (χ1n) is 12.1. The molecule has 0 saturated carbocycles. The van der Waals surface area contributed by atoms with Gasteiger partial charge < -0.3 is 25.0 Å². The minimum atomic E-state index is -4.67. The van der Waals surface area contributed by atoms with Crippen molar-refractivity contribution in [3.05, 3.63) is 46.3 Å². The Morgan fingerprint density at radius 3 is 2.72 bits per heavy atom. The van der Waals surface area contributed by atoms with Gasteiger partial charge in [-0.3, -0.25) is 19.6 Å². The van der Waals surface area contributed by atoms with E-state index in [1.165, 1.54) is 34.9 Å². The first-order valence-corrected chi connectivity index (χ1v) is 17.3. The molecule has 0 aliphatic carbocycles. The maximum Gasteiger partial charge on any atom is 0.429 e. The van der Waals surface area contributed by atoms with E-state index < -0.39 is 42.7 Å². The fourth-order valence-electron chi connectivity index (χ4n) is 3.90. The number of aromatic nitrogens is 4. The maximum absolute atomic E-state index is 13.2. The zero-order valence-electron chi connectivity index (χ0n) is 22.1. The summed E-state index contributed by atoms with van der Waals surface area (Å²) in [5.41, 5.74) is 1.06. The number of nitrogens with zero attached hydrogens (tertiary/aromatic N) is 6. The average molecular weight is 686 g/mol. The number of amides is 2. The summed E-state index contributed by atoms with van der Waals surface area (Å²) in [6.07, 6.45) is 3.80. The van der Waals surface area contributed by atoms with Gasteiger partial charge in [0.15, 0.2) is 16.7 Å². The normalized spacial score (nSPS) is 18.7. The van der Waals surface area contributed by atoms with E-state index in [0.29, 0.717) is 20.8 Å². The largest absolute Gasteiger partial charge is 0.477 e. The SMILES string of the molecule is CCO/N=C(\C(=O)NC1C(=O)N2C(C(=O)O)=C(Sc3nc(-c4cc[n+](C)cc4)cs3)CS[C@H]12)c1nsc(NP(=O)(O)O)n1. The van der Waals surface area contributed by atoms with Crippen LogP contribution in [0, 0.1) is 0 Å². The van der Waals surface area contributed by atoms with Crippen molar-refractivity contribution in [2.24, 2.45) is 12.2 Å². The molecular weight excluding hydrogens is 664 g/mol. The molecule has 1 fully saturated rings. The van der Waals surface area contributed by atoms with Crippen molar-refractivity contribution < 1.29 is 43.2 Å². The van der Waals surface area contributed by atoms with Gasteiger partial charge in [0.2, 0.25) is 16.7 Å². The fraction of sp³-hybridized carbons (Fsp3) is 0.273. The maximum atomic E-state index is 13.2. The van der Waals surface area contributed by atoms with Crippen molar-refractivity contribution >= 4 is 82.8 Å². The van der Waals surface area contributed by atoms with Crippen molar-refractivity contribution in [1.82, 2.24) is 24.6 Å². The Balaban J connectivity index is 1.31. The second kappa shape index (κ2) is 12.7. The van der Waals surface area contributed by atoms with Gasteiger partial charge in [-0.25, -0.2) is 18.9 Å². The van der Waals surface area contributed by atoms with E-state index in [9.17, 15) is 24.1 Å². The molecule has 0 aromatic carbocycles. The predicted molar refractivity (Wildman–Crippen MR) is 158 cm³/mol. The van der Waals surface area contributed by atoms with Gasteiger partial charge in [-0.2, -0.15) is 9.36 Å². The Morgan fingerprint density at radius 1 is 1.30 bits per heavy atom. The summed E-state index contributed by atoms with van der Waals surface area (Å²) >= 11 is 4.40. The second-order valence-electron chi connectivity index (χ2n) is 8.73. The van der Waals surface area contributed by atoms with Crippen LogP contribution in [0.2, 0.25) is 0 Å². The van der Waals surface area contributed by atoms with Gasteiger partial charge >= 0.3 is 13.7 Å². The third-order valence-corrected chi connectivity index (χ3v) is 10.5. The number of carbonyl (C=O) groups is 3. The first-order chi connectivity index (χ1) is 20.4. The number of nitrogens with one attached hydrogen (secondary N) is 2. The van der Waals surface area contributed by atoms with E-state index in [-0.39, 0.29) is 29.0 Å². The van der Waals surface area contributed by atoms with Gasteiger partial charge in [0.05, 0.1) is 5.69 Å². The van der Waals surface area contributed by atoms with Crippen LogP contribution in [0.4, 0.5) is 5.13 Å². The Bertz CT molecular complexity index is 1690. The third kappa shape index (κ3) is 6.90. The summed E-state index contributed by atoms with van der Waals surface area (Å²) < 4.78 is 17.6. The van der Waals surface area contributed by atoms with Crippen molar-refractivity contribution in [1.29, 1.82) is 0 Å². The molecule has 2 aliphatic heterocycles. The Morgan fingerprint density at radius 2 is 2.05 bits per heavy atom. The van der Waals surface area contributed by atoms with E-state index >= 15 is 0 Å². The molecule has 43 heavy (non-hydrogen) atoms. The van der Waals surface area contributed by atoms with Crippen LogP contribution in [0.5, 0.6) is 0 Å². The van der Waals surface area contributed by atoms with Crippen molar-refractivity contribution in [2.45, 2.75) is 22.7 Å². The van der Waals surface area contributed by atoms with Crippen molar-refractivity contribution in [3.63, 3.8) is 0 Å². The zero-order valence-corrected chi connectivity index (χ0v) is 26.3. The van der Waals surface area contributed by atoms with Crippen LogP contribution in [0.15, 0.2) is 50.0 Å². The molecule has 21 heteroatoms. The van der Waals surface area contributed by atoms with Gasteiger partial charge in [0.1, 0.15) is 30.8 Å². The topological polar surface area (TPSA) is 220 Å². The number of thiazole rings is 1. The molecule has 0 spiro atoms. The molecule has 0 radical (unpaired) electrons. The summed E-state index contributed by atoms with van der Waals surface area (Å²) in [4.78, 5) is 71.9. The molecule has 1 saturated heterocycles. The van der Waals surface area contributed by atoms with E-state index in [0.717, 1.165) is 16.2 Å². The number of aryl methyl sites for hydroxylation is 1. The number of carboxylic acids is 1. The van der Waals surface area contributed by atoms with Gasteiger partial charge in [-0.15, -0.1) is 23.1 Å². The molecule has 2 aliphatic rings. The van der Waals surface area contributed by atoms with Crippen LogP contribution in [-0.4, -0.2) is 81.4 Å². The number of carbonyl (C=O) groups excluding carboxylic acids is 2. The van der Waals surface area contributed by atoms with Crippen LogP contribution in [0.25, 0.3) is 11.3 Å². The summed E-state index contributed by atoms with van der Waals surface area (Å²) in [5.74, 6) is -2.84. The zero-order chi connectivity index (χ0) is 30.9. The number of oxime groups is 1. The van der Waals surface area contributed by atoms with Gasteiger partial charge in [-0.05, 0) is 6.92 Å². The summed E-state index contributed by atoms with van der Waals surface area (Å²) in [5, 5.41) is 19.0. The quantitative estimate of drug-likeness (QED) is 0.0630. The van der Waals surface area contributed by atoms with E-state index in [1.807, 2.05) is 46.6 Å². The smallest absolute Gasteiger partial charge is 0.429 e. The average Bonchev–Trinajstić information content (AvgIpc) is 3.60. The predicted octanol–water partition coefficient (Wildman–Crippen LogP) is 1.22. The molecular formula is C22H22N8O8PS4+. The van der Waals surface area contributed by atoms with Gasteiger partial charge in [0, 0.05) is 45.3 Å². The molecule has 2 atom stereocenters. The Labute approximate surface area is 259 Å². The molecule has 226 valence electrons. The van der Waals surface area contributed by atoms with Crippen LogP contribution in [0.3, 0.4) is 0 Å². The number of rotatable bonds is 11. The highest BCUT2D eigenvalue weighted by atomic mass is 32.2. The number of fused-ring (bicyclic) bond motifs is 1. The molecule has 5 heterocycles. The second-order valence-corrected chi connectivity index (χ2v) is 14.1. The molecule has 5 N–H and O–H groups in total. The lowest BCUT2D eigenvalue weighted by Crippen LogP contribution is -2.71. The summed E-state index contributed by atoms with van der Waals surface area (Å²) in [7, 11) is -2.77. The molecule has 1 unspecified atom stereocenters. The summed E-state index contributed by atoms with van der Waals surface area (Å²) in [6, 6.07) is 2.77. The van der Waals surface area contributed by atoms with E-state index in [4.69, 9.17) is 14.6 Å². The number of thioether (sulfide) groups is 2. The Kier molecular flexibility index (Phi) is 9.16.